The molecule has 3 saturated heterocycles. The van der Waals surface area contributed by atoms with E-state index >= 15 is 0 Å². The molecule has 3 heterocycles. The van der Waals surface area contributed by atoms with Gasteiger partial charge in [-0.25, -0.2) is 8.42 Å². The van der Waals surface area contributed by atoms with Crippen LogP contribution in [-0.2, 0) is 28.8 Å². The average Bonchev–Trinajstić information content (AvgIpc) is 3.72. The summed E-state index contributed by atoms with van der Waals surface area (Å²) in [7, 11) is -2.12. The van der Waals surface area contributed by atoms with Gasteiger partial charge in [0.1, 0.15) is 0 Å². The van der Waals surface area contributed by atoms with E-state index in [0.717, 1.165) is 45.6 Å². The molecular formula is C37H61NO8S. The van der Waals surface area contributed by atoms with Gasteiger partial charge in [0.15, 0.2) is 9.84 Å². The van der Waals surface area contributed by atoms with Crippen LogP contribution in [0.5, 0.6) is 0 Å². The second kappa shape index (κ2) is 24.1. The molecule has 3 fully saturated rings. The maximum absolute atomic E-state index is 11.9. The Bertz CT molecular complexity index is 1130. The predicted octanol–water partition coefficient (Wildman–Crippen LogP) is 5.43. The van der Waals surface area contributed by atoms with Crippen LogP contribution in [0.1, 0.15) is 59.3 Å². The average molecular weight is 680 g/mol. The Morgan fingerprint density at radius 1 is 1.11 bits per heavy atom. The fraction of sp³-hybridized carbons (Fsp3) is 0.622. The van der Waals surface area contributed by atoms with Gasteiger partial charge in [-0.15, -0.1) is 6.58 Å². The molecule has 0 aromatic heterocycles. The van der Waals surface area contributed by atoms with Crippen molar-refractivity contribution in [3.05, 3.63) is 79.4 Å². The van der Waals surface area contributed by atoms with E-state index in [-0.39, 0.29) is 36.1 Å². The molecule has 0 amide bonds. The maximum Gasteiger partial charge on any atom is 0.178 e. The quantitative estimate of drug-likeness (QED) is 0.184. The van der Waals surface area contributed by atoms with Gasteiger partial charge in [0.05, 0.1) is 61.0 Å². The van der Waals surface area contributed by atoms with Crippen molar-refractivity contribution in [2.75, 3.05) is 45.8 Å². The number of aliphatic hydroxyl groups excluding tert-OH is 2. The number of hydrogen-bond acceptors (Lipinski definition) is 9. The van der Waals surface area contributed by atoms with Gasteiger partial charge in [-0.2, -0.15) is 0 Å². The van der Waals surface area contributed by atoms with E-state index in [0.29, 0.717) is 49.9 Å². The van der Waals surface area contributed by atoms with E-state index in [1.54, 1.807) is 30.3 Å². The van der Waals surface area contributed by atoms with Crippen LogP contribution in [0.25, 0.3) is 0 Å². The van der Waals surface area contributed by atoms with Crippen molar-refractivity contribution in [2.45, 2.75) is 94.7 Å². The summed E-state index contributed by atoms with van der Waals surface area (Å²) in [4.78, 5) is 0.414. The number of nitrogens with two attached hydrogens (primary N) is 1. The molecule has 268 valence electrons. The number of ether oxygens (including phenoxy) is 4. The van der Waals surface area contributed by atoms with Crippen LogP contribution >= 0.6 is 0 Å². The first kappa shape index (κ1) is 42.9. The van der Waals surface area contributed by atoms with Crippen molar-refractivity contribution in [2.24, 2.45) is 17.6 Å². The Morgan fingerprint density at radius 3 is 2.36 bits per heavy atom. The third-order valence-corrected chi connectivity index (χ3v) is 10.2. The molecule has 0 aliphatic carbocycles. The van der Waals surface area contributed by atoms with Crippen LogP contribution in [0.15, 0.2) is 84.3 Å². The fourth-order valence-electron chi connectivity index (χ4n) is 5.37. The molecule has 3 aliphatic heterocycles. The van der Waals surface area contributed by atoms with Gasteiger partial charge < -0.3 is 34.9 Å². The summed E-state index contributed by atoms with van der Waals surface area (Å²) in [6.07, 6.45) is 11.9. The molecule has 4 N–H and O–H groups in total. The first-order chi connectivity index (χ1) is 22.5. The summed E-state index contributed by atoms with van der Waals surface area (Å²) < 4.78 is 46.6. The lowest BCUT2D eigenvalue weighted by atomic mass is 9.87. The molecule has 0 radical (unpaired) electrons. The molecule has 9 nitrogen and oxygen atoms in total. The highest BCUT2D eigenvalue weighted by Crippen LogP contribution is 2.33. The Balaban J connectivity index is 0.000000407. The molecule has 47 heavy (non-hydrogen) atoms. The minimum atomic E-state index is -3.12. The van der Waals surface area contributed by atoms with E-state index in [9.17, 15) is 8.42 Å². The molecular weight excluding hydrogens is 618 g/mol. The summed E-state index contributed by atoms with van der Waals surface area (Å²) in [6, 6.07) is 8.60. The Hall–Kier alpha value is -2.15. The van der Waals surface area contributed by atoms with Crippen molar-refractivity contribution in [1.82, 2.24) is 0 Å². The van der Waals surface area contributed by atoms with Gasteiger partial charge in [-0.1, -0.05) is 63.4 Å². The molecule has 0 bridgehead atoms. The minimum Gasteiger partial charge on any atom is -0.400 e. The van der Waals surface area contributed by atoms with Gasteiger partial charge in [0, 0.05) is 26.7 Å². The topological polar surface area (TPSA) is 138 Å². The first-order valence-electron chi connectivity index (χ1n) is 16.7. The van der Waals surface area contributed by atoms with Gasteiger partial charge in [0.25, 0.3) is 0 Å². The molecule has 3 aliphatic rings. The molecule has 0 saturated carbocycles. The van der Waals surface area contributed by atoms with Crippen molar-refractivity contribution in [3.8, 4) is 0 Å². The van der Waals surface area contributed by atoms with Crippen molar-refractivity contribution >= 4 is 9.84 Å². The highest BCUT2D eigenvalue weighted by atomic mass is 32.2. The summed E-state index contributed by atoms with van der Waals surface area (Å²) in [5.74, 6) is 0.907. The monoisotopic (exact) mass is 679 g/mol. The molecule has 0 spiro atoms. The zero-order valence-electron chi connectivity index (χ0n) is 29.1. The summed E-state index contributed by atoms with van der Waals surface area (Å²) in [6.45, 7) is 21.0. The van der Waals surface area contributed by atoms with E-state index in [2.05, 4.69) is 39.7 Å². The van der Waals surface area contributed by atoms with E-state index < -0.39 is 9.84 Å². The third-order valence-electron chi connectivity index (χ3n) is 8.30. The van der Waals surface area contributed by atoms with E-state index in [4.69, 9.17) is 34.9 Å². The molecule has 4 rings (SSSR count). The molecule has 7 atom stereocenters. The summed E-state index contributed by atoms with van der Waals surface area (Å²) in [5.41, 5.74) is 7.44. The van der Waals surface area contributed by atoms with E-state index in [1.807, 2.05) is 19.1 Å². The largest absolute Gasteiger partial charge is 0.400 e. The molecule has 6 unspecified atom stereocenters. The van der Waals surface area contributed by atoms with Gasteiger partial charge >= 0.3 is 0 Å². The lowest BCUT2D eigenvalue weighted by molar-refractivity contribution is -0.0352. The highest BCUT2D eigenvalue weighted by molar-refractivity contribution is 7.91. The van der Waals surface area contributed by atoms with Crippen LogP contribution in [0.3, 0.4) is 0 Å². The lowest BCUT2D eigenvalue weighted by Gasteiger charge is -2.34. The zero-order valence-corrected chi connectivity index (χ0v) is 29.9. The third kappa shape index (κ3) is 16.7. The van der Waals surface area contributed by atoms with Crippen LogP contribution in [0.2, 0.25) is 0 Å². The van der Waals surface area contributed by atoms with Gasteiger partial charge in [-0.05, 0) is 74.1 Å². The summed E-state index contributed by atoms with van der Waals surface area (Å²) in [5, 5.41) is 15.5. The number of benzene rings is 1. The van der Waals surface area contributed by atoms with Gasteiger partial charge in [0.2, 0.25) is 0 Å². The normalized spacial score (nSPS) is 26.4. The Labute approximate surface area is 284 Å². The fourth-order valence-corrected chi connectivity index (χ4v) is 7.02. The minimum absolute atomic E-state index is 0.125. The second-order valence-corrected chi connectivity index (χ2v) is 14.1. The standard InChI is InChI=1S/C21H32O3.C11H14O3S.C4H11NO.CH4O/c1-6-11-22-12-7-8-19-14-16(3)21(24-19)10-9-20-13-15(2)17(4)18(5)23-20;12-15(13,9-10-6-7-14-8-10)11-4-2-1-3-5-11;1-2-4(6)3-5;1-2/h6-8,15,18-21H,1,3-4,9-14H2,2,5H3;1-5,10H,6-9H2;4,6H,2-3,5H2,1H3;2H,1H3/b8-7+;;;/t15?,18?,19?,20?,21-;;;/m0.../s1. The predicted molar refractivity (Wildman–Crippen MR) is 190 cm³/mol. The zero-order chi connectivity index (χ0) is 35.2. The van der Waals surface area contributed by atoms with E-state index in [1.165, 1.54) is 11.1 Å². The number of rotatable bonds is 13. The molecule has 1 aromatic rings. The van der Waals surface area contributed by atoms with Crippen molar-refractivity contribution < 1.29 is 37.6 Å². The highest BCUT2D eigenvalue weighted by Gasteiger charge is 2.31. The van der Waals surface area contributed by atoms with Crippen LogP contribution in [0, 0.1) is 11.8 Å². The van der Waals surface area contributed by atoms with Crippen LogP contribution < -0.4 is 5.73 Å². The number of sulfone groups is 1. The van der Waals surface area contributed by atoms with Crippen LogP contribution in [0.4, 0.5) is 0 Å². The summed E-state index contributed by atoms with van der Waals surface area (Å²) >= 11 is 0. The Morgan fingerprint density at radius 2 is 1.81 bits per heavy atom. The smallest absolute Gasteiger partial charge is 0.178 e. The number of hydrogen-bond donors (Lipinski definition) is 3. The molecule has 1 aromatic carbocycles. The van der Waals surface area contributed by atoms with Crippen molar-refractivity contribution in [1.29, 1.82) is 0 Å². The van der Waals surface area contributed by atoms with Crippen LogP contribution in [-0.4, -0.2) is 95.0 Å². The molecule has 10 heteroatoms. The Kier molecular flexibility index (Phi) is 21.9. The second-order valence-electron chi connectivity index (χ2n) is 12.1. The SMILES string of the molecule is C=CCOC/C=C/C1CC(=C)[C@H](CCC2CC(C)C(=C)C(C)O2)O1.CCC(O)CN.CO.O=S(=O)(CC1CCOC1)c1ccccc1. The maximum atomic E-state index is 11.9. The first-order valence-corrected chi connectivity index (χ1v) is 18.4. The lowest BCUT2D eigenvalue weighted by Crippen LogP contribution is -2.32. The van der Waals surface area contributed by atoms with Gasteiger partial charge in [-0.3, -0.25) is 0 Å². The van der Waals surface area contributed by atoms with Crippen molar-refractivity contribution in [3.63, 3.8) is 0 Å². The number of aliphatic hydroxyl groups is 2.